The highest BCUT2D eigenvalue weighted by Gasteiger charge is 2.37. The van der Waals surface area contributed by atoms with Gasteiger partial charge in [-0.3, -0.25) is 14.9 Å². The van der Waals surface area contributed by atoms with Crippen molar-refractivity contribution in [3.63, 3.8) is 0 Å². The minimum absolute atomic E-state index is 0.134. The summed E-state index contributed by atoms with van der Waals surface area (Å²) in [6.45, 7) is 5.53. The van der Waals surface area contributed by atoms with Gasteiger partial charge in [-0.25, -0.2) is 9.69 Å². The van der Waals surface area contributed by atoms with Crippen LogP contribution >= 0.6 is 23.2 Å². The number of carbonyl (C=O) groups is 3. The van der Waals surface area contributed by atoms with E-state index in [-0.39, 0.29) is 5.57 Å². The second kappa shape index (κ2) is 8.30. The maximum atomic E-state index is 13.2. The Hall–Kier alpha value is -3.35. The van der Waals surface area contributed by atoms with Crippen molar-refractivity contribution in [2.45, 2.75) is 20.8 Å². The van der Waals surface area contributed by atoms with Crippen molar-refractivity contribution in [3.05, 3.63) is 86.7 Å². The van der Waals surface area contributed by atoms with Crippen LogP contribution in [0, 0.1) is 20.8 Å². The molecule has 1 fully saturated rings. The summed E-state index contributed by atoms with van der Waals surface area (Å²) in [5.74, 6) is -1.42. The molecule has 0 saturated carbocycles. The second-order valence-corrected chi connectivity index (χ2v) is 8.26. The number of halogens is 2. The number of hydrogen-bond donors (Lipinski definition) is 1. The molecule has 1 N–H and O–H groups in total. The van der Waals surface area contributed by atoms with Gasteiger partial charge in [0.15, 0.2) is 0 Å². The highest BCUT2D eigenvalue weighted by Crippen LogP contribution is 2.33. The molecule has 1 aromatic heterocycles. The van der Waals surface area contributed by atoms with Crippen molar-refractivity contribution < 1.29 is 14.4 Å². The molecule has 8 heteroatoms. The number of anilines is 1. The quantitative estimate of drug-likeness (QED) is 0.415. The summed E-state index contributed by atoms with van der Waals surface area (Å²) in [6.07, 6.45) is 1.49. The van der Waals surface area contributed by atoms with Crippen molar-refractivity contribution in [2.24, 2.45) is 0 Å². The summed E-state index contributed by atoms with van der Waals surface area (Å²) >= 11 is 12.6. The Kier molecular flexibility index (Phi) is 5.67. The van der Waals surface area contributed by atoms with E-state index in [1.807, 2.05) is 36.6 Å². The molecule has 32 heavy (non-hydrogen) atoms. The van der Waals surface area contributed by atoms with Gasteiger partial charge in [-0.15, -0.1) is 0 Å². The van der Waals surface area contributed by atoms with Gasteiger partial charge in [0.05, 0.1) is 21.4 Å². The van der Waals surface area contributed by atoms with E-state index < -0.39 is 17.8 Å². The lowest BCUT2D eigenvalue weighted by Gasteiger charge is -2.27. The Morgan fingerprint density at radius 3 is 2.31 bits per heavy atom. The lowest BCUT2D eigenvalue weighted by Crippen LogP contribution is -2.54. The first-order chi connectivity index (χ1) is 15.2. The third-order valence-corrected chi connectivity index (χ3v) is 6.21. The first-order valence-electron chi connectivity index (χ1n) is 9.81. The van der Waals surface area contributed by atoms with Crippen LogP contribution in [0.2, 0.25) is 10.0 Å². The summed E-state index contributed by atoms with van der Waals surface area (Å²) in [5.41, 5.74) is 3.97. The Labute approximate surface area is 195 Å². The summed E-state index contributed by atoms with van der Waals surface area (Å²) in [7, 11) is 0. The van der Waals surface area contributed by atoms with E-state index in [0.717, 1.165) is 21.9 Å². The third kappa shape index (κ3) is 3.61. The molecule has 0 radical (unpaired) electrons. The molecule has 2 aromatic carbocycles. The number of benzene rings is 2. The number of carbonyl (C=O) groups excluding carboxylic acids is 3. The number of para-hydroxylation sites is 1. The number of barbiturate groups is 1. The molecule has 4 amide bonds. The first kappa shape index (κ1) is 21.9. The molecule has 1 aliphatic heterocycles. The maximum absolute atomic E-state index is 13.2. The predicted molar refractivity (Wildman–Crippen MR) is 125 cm³/mol. The fourth-order valence-corrected chi connectivity index (χ4v) is 4.20. The molecular formula is C24H19Cl2N3O3. The summed E-state index contributed by atoms with van der Waals surface area (Å²) in [4.78, 5) is 39.2. The van der Waals surface area contributed by atoms with Crippen molar-refractivity contribution in [2.75, 3.05) is 4.90 Å². The number of hydrogen-bond acceptors (Lipinski definition) is 3. The van der Waals surface area contributed by atoms with Gasteiger partial charge in [-0.2, -0.15) is 0 Å². The van der Waals surface area contributed by atoms with Gasteiger partial charge in [-0.05, 0) is 62.2 Å². The Bertz CT molecular complexity index is 1320. The average Bonchev–Trinajstić information content (AvgIpc) is 3.01. The smallest absolute Gasteiger partial charge is 0.316 e. The van der Waals surface area contributed by atoms with Gasteiger partial charge >= 0.3 is 6.03 Å². The molecule has 3 aromatic rings. The van der Waals surface area contributed by atoms with Crippen molar-refractivity contribution in [1.82, 2.24) is 9.88 Å². The Morgan fingerprint density at radius 2 is 1.59 bits per heavy atom. The summed E-state index contributed by atoms with van der Waals surface area (Å²) < 4.78 is 1.90. The molecule has 0 unspecified atom stereocenters. The van der Waals surface area contributed by atoms with Crippen molar-refractivity contribution in [1.29, 1.82) is 0 Å². The zero-order valence-electron chi connectivity index (χ0n) is 17.6. The van der Waals surface area contributed by atoms with Gasteiger partial charge in [-0.1, -0.05) is 47.5 Å². The van der Waals surface area contributed by atoms with Crippen LogP contribution in [0.5, 0.6) is 0 Å². The molecule has 0 aliphatic carbocycles. The molecule has 0 bridgehead atoms. The number of nitrogens with zero attached hydrogens (tertiary/aromatic N) is 2. The van der Waals surface area contributed by atoms with Gasteiger partial charge in [0, 0.05) is 11.4 Å². The number of amides is 4. The largest absolute Gasteiger partial charge is 0.335 e. The van der Waals surface area contributed by atoms with Crippen LogP contribution in [0.25, 0.3) is 11.8 Å². The first-order valence-corrected chi connectivity index (χ1v) is 10.6. The zero-order chi connectivity index (χ0) is 23.2. The number of nitrogens with one attached hydrogen (secondary N) is 1. The molecular weight excluding hydrogens is 449 g/mol. The van der Waals surface area contributed by atoms with Crippen molar-refractivity contribution >= 4 is 52.8 Å². The number of rotatable bonds is 3. The van der Waals surface area contributed by atoms with Crippen LogP contribution in [0.3, 0.4) is 0 Å². The average molecular weight is 468 g/mol. The van der Waals surface area contributed by atoms with E-state index in [2.05, 4.69) is 5.32 Å². The van der Waals surface area contributed by atoms with Crippen LogP contribution in [-0.4, -0.2) is 22.4 Å². The van der Waals surface area contributed by atoms with Crippen LogP contribution < -0.4 is 10.2 Å². The number of aryl methyl sites for hydroxylation is 2. The Balaban J connectivity index is 1.81. The lowest BCUT2D eigenvalue weighted by molar-refractivity contribution is -0.122. The minimum atomic E-state index is -0.775. The van der Waals surface area contributed by atoms with Gasteiger partial charge in [0.2, 0.25) is 0 Å². The van der Waals surface area contributed by atoms with Gasteiger partial charge < -0.3 is 4.57 Å². The normalized spacial score (nSPS) is 15.5. The molecule has 6 nitrogen and oxygen atoms in total. The molecule has 1 saturated heterocycles. The third-order valence-electron chi connectivity index (χ3n) is 5.40. The van der Waals surface area contributed by atoms with Crippen LogP contribution in [0.4, 0.5) is 10.5 Å². The van der Waals surface area contributed by atoms with Gasteiger partial charge in [0.1, 0.15) is 5.57 Å². The number of urea groups is 1. The maximum Gasteiger partial charge on any atom is 0.335 e. The summed E-state index contributed by atoms with van der Waals surface area (Å²) in [6, 6.07) is 13.4. The van der Waals surface area contributed by atoms with Crippen LogP contribution in [0.1, 0.15) is 22.5 Å². The second-order valence-electron chi connectivity index (χ2n) is 7.48. The molecule has 162 valence electrons. The standard InChI is InChI=1S/C24H19Cl2N3O3/c1-13-7-4-5-9-19(13)29-23(31)17(22(30)27-24(29)32)12-16-11-14(2)28(15(16)3)20-10-6-8-18(25)21(20)26/h4-12H,1-3H3,(H,27,30,32)/b17-12+. The monoisotopic (exact) mass is 467 g/mol. The summed E-state index contributed by atoms with van der Waals surface area (Å²) in [5, 5.41) is 3.08. The predicted octanol–water partition coefficient (Wildman–Crippen LogP) is 5.38. The van der Waals surface area contributed by atoms with Gasteiger partial charge in [0.25, 0.3) is 11.8 Å². The zero-order valence-corrected chi connectivity index (χ0v) is 19.1. The van der Waals surface area contributed by atoms with E-state index in [0.29, 0.717) is 27.0 Å². The number of aromatic nitrogens is 1. The van der Waals surface area contributed by atoms with E-state index in [1.54, 1.807) is 37.3 Å². The van der Waals surface area contributed by atoms with E-state index in [1.165, 1.54) is 6.08 Å². The highest BCUT2D eigenvalue weighted by atomic mass is 35.5. The highest BCUT2D eigenvalue weighted by molar-refractivity contribution is 6.43. The molecule has 2 heterocycles. The topological polar surface area (TPSA) is 71.4 Å². The fraction of sp³-hybridized carbons (Fsp3) is 0.125. The van der Waals surface area contributed by atoms with Crippen molar-refractivity contribution in [3.8, 4) is 5.69 Å². The molecule has 1 aliphatic rings. The molecule has 4 rings (SSSR count). The van der Waals surface area contributed by atoms with E-state index in [4.69, 9.17) is 23.2 Å². The SMILES string of the molecule is Cc1ccccc1N1C(=O)NC(=O)/C(=C\c2cc(C)n(-c3cccc(Cl)c3Cl)c2C)C1=O. The lowest BCUT2D eigenvalue weighted by atomic mass is 10.1. The minimum Gasteiger partial charge on any atom is -0.316 e. The van der Waals surface area contributed by atoms with E-state index >= 15 is 0 Å². The Morgan fingerprint density at radius 1 is 0.906 bits per heavy atom. The van der Waals surface area contributed by atoms with E-state index in [9.17, 15) is 14.4 Å². The van der Waals surface area contributed by atoms with Crippen LogP contribution in [0.15, 0.2) is 54.1 Å². The fourth-order valence-electron chi connectivity index (χ4n) is 3.82. The number of imide groups is 2. The van der Waals surface area contributed by atoms with Crippen LogP contribution in [-0.2, 0) is 9.59 Å². The molecule has 0 atom stereocenters. The molecule has 0 spiro atoms.